The van der Waals surface area contributed by atoms with Gasteiger partial charge < -0.3 is 25.6 Å². The minimum absolute atomic E-state index is 0.0119. The zero-order valence-electron chi connectivity index (χ0n) is 20.7. The highest BCUT2D eigenvalue weighted by Gasteiger charge is 2.25. The number of anilines is 2. The lowest BCUT2D eigenvalue weighted by molar-refractivity contribution is 0.0945. The summed E-state index contributed by atoms with van der Waals surface area (Å²) < 4.78 is 51.8. The molecule has 37 heavy (non-hydrogen) atoms. The number of benzene rings is 2. The van der Waals surface area contributed by atoms with Gasteiger partial charge in [-0.05, 0) is 56.4 Å². The fourth-order valence-electron chi connectivity index (χ4n) is 4.94. The molecule has 0 unspecified atom stereocenters. The fraction of sp³-hybridized carbons (Fsp3) is 0.333. The molecule has 2 aliphatic heterocycles. The minimum atomic E-state index is -0.951. The molecule has 1 saturated heterocycles. The number of nitrogen functional groups attached to an aromatic ring is 1. The minimum Gasteiger partial charge on any atom is -0.383 e. The summed E-state index contributed by atoms with van der Waals surface area (Å²) in [6.45, 7) is 3.05. The third-order valence-electron chi connectivity index (χ3n) is 6.75. The van der Waals surface area contributed by atoms with E-state index in [1.54, 1.807) is 6.07 Å². The molecule has 0 saturated carbocycles. The first-order valence-electron chi connectivity index (χ1n) is 12.1. The number of ether oxygens (including phenoxy) is 1. The van der Waals surface area contributed by atoms with Gasteiger partial charge in [0, 0.05) is 65.2 Å². The van der Waals surface area contributed by atoms with Crippen LogP contribution < -0.4 is 16.0 Å². The molecular weight excluding hydrogens is 483 g/mol. The molecule has 5 rings (SSSR count). The van der Waals surface area contributed by atoms with Gasteiger partial charge in [-0.3, -0.25) is 4.79 Å². The summed E-state index contributed by atoms with van der Waals surface area (Å²) >= 11 is 0. The van der Waals surface area contributed by atoms with Gasteiger partial charge in [-0.15, -0.1) is 0 Å². The molecule has 0 atom stereocenters. The van der Waals surface area contributed by atoms with E-state index in [1.165, 1.54) is 18.2 Å². The Morgan fingerprint density at radius 1 is 1.03 bits per heavy atom. The highest BCUT2D eigenvalue weighted by molar-refractivity contribution is 5.97. The Balaban J connectivity index is 1.63. The van der Waals surface area contributed by atoms with Crippen molar-refractivity contribution in [3.05, 3.63) is 64.6 Å². The van der Waals surface area contributed by atoms with Crippen molar-refractivity contribution < 1.29 is 22.7 Å². The Morgan fingerprint density at radius 2 is 1.78 bits per heavy atom. The lowest BCUT2D eigenvalue weighted by Crippen LogP contribution is -2.37. The summed E-state index contributed by atoms with van der Waals surface area (Å²) in [5.74, 6) is -2.80. The van der Waals surface area contributed by atoms with E-state index in [1.807, 2.05) is 19.0 Å². The Morgan fingerprint density at radius 3 is 2.51 bits per heavy atom. The SMILES string of the molecule is CN(C)Cc1c(N2CCOCC2)ccc(-c2cc(-c3cc4c(cc3F)C(=O)NCC4)c(N)nc2F)c1F. The first-order chi connectivity index (χ1) is 17.7. The van der Waals surface area contributed by atoms with Gasteiger partial charge in [0.15, 0.2) is 0 Å². The van der Waals surface area contributed by atoms with Gasteiger partial charge in [-0.2, -0.15) is 4.39 Å². The molecule has 10 heteroatoms. The molecule has 3 aromatic rings. The van der Waals surface area contributed by atoms with E-state index in [0.717, 1.165) is 11.8 Å². The van der Waals surface area contributed by atoms with Crippen LogP contribution in [0.2, 0.25) is 0 Å². The molecule has 0 aliphatic carbocycles. The van der Waals surface area contributed by atoms with E-state index in [4.69, 9.17) is 10.5 Å². The van der Waals surface area contributed by atoms with Crippen molar-refractivity contribution in [2.75, 3.05) is 57.6 Å². The Kier molecular flexibility index (Phi) is 6.78. The van der Waals surface area contributed by atoms with Crippen molar-refractivity contribution in [1.29, 1.82) is 0 Å². The number of hydrogen-bond acceptors (Lipinski definition) is 6. The van der Waals surface area contributed by atoms with Gasteiger partial charge in [-0.25, -0.2) is 13.8 Å². The van der Waals surface area contributed by atoms with Crippen LogP contribution >= 0.6 is 0 Å². The molecule has 1 fully saturated rings. The van der Waals surface area contributed by atoms with E-state index >= 15 is 13.2 Å². The molecule has 1 amide bonds. The van der Waals surface area contributed by atoms with Crippen LogP contribution in [0, 0.1) is 17.6 Å². The Labute approximate surface area is 213 Å². The number of nitrogens with one attached hydrogen (secondary N) is 1. The monoisotopic (exact) mass is 511 g/mol. The molecule has 7 nitrogen and oxygen atoms in total. The number of amides is 1. The maximum atomic E-state index is 16.1. The number of hydrogen-bond donors (Lipinski definition) is 2. The molecule has 0 bridgehead atoms. The van der Waals surface area contributed by atoms with Crippen molar-refractivity contribution in [2.45, 2.75) is 13.0 Å². The lowest BCUT2D eigenvalue weighted by atomic mass is 9.93. The maximum absolute atomic E-state index is 16.1. The quantitative estimate of drug-likeness (QED) is 0.510. The predicted octanol–water partition coefficient (Wildman–Crippen LogP) is 3.60. The summed E-state index contributed by atoms with van der Waals surface area (Å²) in [6, 6.07) is 7.31. The van der Waals surface area contributed by atoms with E-state index in [0.29, 0.717) is 56.9 Å². The van der Waals surface area contributed by atoms with E-state index in [-0.39, 0.29) is 39.5 Å². The van der Waals surface area contributed by atoms with Crippen LogP contribution in [0.4, 0.5) is 24.7 Å². The number of aromatic nitrogens is 1. The number of carbonyl (C=O) groups is 1. The predicted molar refractivity (Wildman–Crippen MR) is 136 cm³/mol. The molecule has 2 aliphatic rings. The standard InChI is InChI=1S/C27H28F3N5O2/c1-34(2)14-21-23(35-7-9-37-10-8-35)4-3-16(24(21)29)19-12-20(26(31)33-25(19)30)18-11-15-5-6-32-27(36)17(15)13-22(18)28/h3-4,11-13H,5-10,14H2,1-2H3,(H2,31,33)(H,32,36). The van der Waals surface area contributed by atoms with E-state index in [2.05, 4.69) is 15.2 Å². The highest BCUT2D eigenvalue weighted by atomic mass is 19.1. The molecule has 194 valence electrons. The molecule has 3 N–H and O–H groups in total. The molecule has 0 radical (unpaired) electrons. The average molecular weight is 512 g/mol. The van der Waals surface area contributed by atoms with Crippen LogP contribution in [0.15, 0.2) is 30.3 Å². The van der Waals surface area contributed by atoms with Crippen LogP contribution in [-0.2, 0) is 17.7 Å². The van der Waals surface area contributed by atoms with Gasteiger partial charge in [-0.1, -0.05) is 0 Å². The molecule has 3 heterocycles. The van der Waals surface area contributed by atoms with Crippen LogP contribution in [0.1, 0.15) is 21.5 Å². The van der Waals surface area contributed by atoms with Gasteiger partial charge in [0.1, 0.15) is 17.5 Å². The largest absolute Gasteiger partial charge is 0.383 e. The number of carbonyl (C=O) groups excluding carboxylic acids is 1. The second-order valence-corrected chi connectivity index (χ2v) is 9.52. The third-order valence-corrected chi connectivity index (χ3v) is 6.75. The summed E-state index contributed by atoms with van der Waals surface area (Å²) in [4.78, 5) is 19.8. The Hall–Kier alpha value is -3.63. The number of morpholine rings is 1. The highest BCUT2D eigenvalue weighted by Crippen LogP contribution is 2.38. The third kappa shape index (κ3) is 4.74. The number of fused-ring (bicyclic) bond motifs is 1. The van der Waals surface area contributed by atoms with E-state index < -0.39 is 17.6 Å². The second-order valence-electron chi connectivity index (χ2n) is 9.52. The first kappa shape index (κ1) is 25.0. The van der Waals surface area contributed by atoms with Gasteiger partial charge in [0.2, 0.25) is 5.95 Å². The van der Waals surface area contributed by atoms with Crippen molar-refractivity contribution in [2.24, 2.45) is 0 Å². The van der Waals surface area contributed by atoms with Crippen molar-refractivity contribution >= 4 is 17.4 Å². The smallest absolute Gasteiger partial charge is 0.251 e. The van der Waals surface area contributed by atoms with Crippen molar-refractivity contribution in [1.82, 2.24) is 15.2 Å². The summed E-state index contributed by atoms with van der Waals surface area (Å²) in [7, 11) is 3.66. The molecule has 2 aromatic carbocycles. The van der Waals surface area contributed by atoms with Crippen LogP contribution in [0.25, 0.3) is 22.3 Å². The molecule has 1 aromatic heterocycles. The average Bonchev–Trinajstić information content (AvgIpc) is 2.86. The fourth-order valence-corrected chi connectivity index (χ4v) is 4.94. The number of halogens is 3. The maximum Gasteiger partial charge on any atom is 0.251 e. The number of nitrogens with zero attached hydrogens (tertiary/aromatic N) is 3. The normalized spacial score (nSPS) is 15.6. The molecule has 0 spiro atoms. The number of rotatable bonds is 5. The Bertz CT molecular complexity index is 1370. The van der Waals surface area contributed by atoms with Crippen LogP contribution in [0.3, 0.4) is 0 Å². The molecular formula is C27H28F3N5O2. The van der Waals surface area contributed by atoms with E-state index in [9.17, 15) is 4.79 Å². The first-order valence-corrected chi connectivity index (χ1v) is 12.1. The summed E-state index contributed by atoms with van der Waals surface area (Å²) in [5.41, 5.74) is 8.17. The lowest BCUT2D eigenvalue weighted by Gasteiger charge is -2.31. The van der Waals surface area contributed by atoms with Crippen LogP contribution in [0.5, 0.6) is 0 Å². The zero-order valence-corrected chi connectivity index (χ0v) is 20.7. The summed E-state index contributed by atoms with van der Waals surface area (Å²) in [5, 5.41) is 2.68. The second kappa shape index (κ2) is 10.0. The zero-order chi connectivity index (χ0) is 26.3. The van der Waals surface area contributed by atoms with Gasteiger partial charge in [0.05, 0.1) is 13.2 Å². The number of pyridine rings is 1. The van der Waals surface area contributed by atoms with Gasteiger partial charge in [0.25, 0.3) is 5.91 Å². The van der Waals surface area contributed by atoms with Gasteiger partial charge >= 0.3 is 0 Å². The summed E-state index contributed by atoms with van der Waals surface area (Å²) in [6.07, 6.45) is 0.515. The van der Waals surface area contributed by atoms with Crippen molar-refractivity contribution in [3.8, 4) is 22.3 Å². The van der Waals surface area contributed by atoms with Crippen LogP contribution in [-0.4, -0.2) is 62.7 Å². The topological polar surface area (TPSA) is 83.7 Å². The number of nitrogens with two attached hydrogens (primary N) is 1. The van der Waals surface area contributed by atoms with Crippen molar-refractivity contribution in [3.63, 3.8) is 0 Å².